The Morgan fingerprint density at radius 1 is 0.830 bits per heavy atom. The quantitative estimate of drug-likeness (QED) is 0.0506. The number of carbonyl (C=O) groups is 3. The molecule has 2 bridgehead atoms. The van der Waals surface area contributed by atoms with E-state index < -0.39 is 43.4 Å². The highest BCUT2D eigenvalue weighted by molar-refractivity contribution is 7.13. The number of halogens is 2. The number of benzene rings is 3. The van der Waals surface area contributed by atoms with Gasteiger partial charge in [0.2, 0.25) is 11.8 Å². The fourth-order valence-corrected chi connectivity index (χ4v) is 22.4. The average molecular weight is 1410 g/mol. The molecule has 100 heavy (non-hydrogen) atoms. The number of aryl methyl sites for hydroxylation is 1. The molecule has 5 aliphatic heterocycles. The first-order chi connectivity index (χ1) is 47.7. The molecule has 5 aliphatic rings. The van der Waals surface area contributed by atoms with Crippen molar-refractivity contribution in [3.63, 3.8) is 0 Å². The Morgan fingerprint density at radius 2 is 1.52 bits per heavy atom. The second kappa shape index (κ2) is 29.6. The molecule has 12 rings (SSSR count). The number of fused-ring (bicyclic) bond motifs is 4. The molecule has 3 N–H and O–H groups in total. The molecule has 4 aromatic heterocycles. The van der Waals surface area contributed by atoms with Gasteiger partial charge in [-0.2, -0.15) is 9.97 Å². The van der Waals surface area contributed by atoms with Crippen molar-refractivity contribution in [2.45, 2.75) is 181 Å². The van der Waals surface area contributed by atoms with Crippen LogP contribution in [0.2, 0.25) is 16.6 Å². The van der Waals surface area contributed by atoms with Crippen molar-refractivity contribution in [2.75, 3.05) is 88.4 Å². The van der Waals surface area contributed by atoms with Gasteiger partial charge in [0, 0.05) is 88.5 Å². The molecule has 9 heterocycles. The summed E-state index contributed by atoms with van der Waals surface area (Å²) in [5, 5.41) is 30.9. The number of phenols is 1. The number of carbonyl (C=O) groups excluding carboxylic acids is 3. The molecular weight excluding hydrogens is 1310 g/mol. The number of nitrogens with zero attached hydrogens (tertiary/aromatic N) is 11. The number of piperazine rings is 2. The van der Waals surface area contributed by atoms with Crippen LogP contribution in [0.15, 0.2) is 70.8 Å². The lowest BCUT2D eigenvalue weighted by atomic mass is 9.91. The number of rotatable bonds is 19. The second-order valence-corrected chi connectivity index (χ2v) is 37.0. The predicted octanol–water partition coefficient (Wildman–Crippen LogP) is 12.9. The Hall–Kier alpha value is -7.82. The number of β-amino-alcohol motifs (C(OH)–C–C–N with tert-alkyl or cyclic N) is 1. The highest BCUT2D eigenvalue weighted by Gasteiger charge is 2.47. The Morgan fingerprint density at radius 3 is 2.16 bits per heavy atom. The molecule has 3 aromatic carbocycles. The second-order valence-electron chi connectivity index (χ2n) is 30.6. The zero-order chi connectivity index (χ0) is 71.2. The largest absolute Gasteiger partial charge is 0.508 e. The van der Waals surface area contributed by atoms with Crippen LogP contribution in [-0.4, -0.2) is 189 Å². The van der Waals surface area contributed by atoms with E-state index in [0.717, 1.165) is 93.2 Å². The summed E-state index contributed by atoms with van der Waals surface area (Å²) in [5.74, 6) is 2.39. The lowest BCUT2D eigenvalue weighted by Crippen LogP contribution is -2.57. The summed E-state index contributed by atoms with van der Waals surface area (Å²) in [7, 11) is -2.36. The minimum atomic E-state index is -2.36. The van der Waals surface area contributed by atoms with Crippen molar-refractivity contribution in [3.8, 4) is 44.9 Å². The number of thiazole rings is 1. The maximum Gasteiger partial charge on any atom is 0.410 e. The van der Waals surface area contributed by atoms with Crippen LogP contribution in [-0.2, 0) is 14.3 Å². The maximum atomic E-state index is 18.0. The number of anilines is 2. The molecule has 5 saturated heterocycles. The van der Waals surface area contributed by atoms with Crippen LogP contribution in [0.4, 0.5) is 25.2 Å². The van der Waals surface area contributed by atoms with Crippen molar-refractivity contribution in [2.24, 2.45) is 11.8 Å². The van der Waals surface area contributed by atoms with Gasteiger partial charge in [-0.3, -0.25) is 29.3 Å². The monoisotopic (exact) mass is 1400 g/mol. The summed E-state index contributed by atoms with van der Waals surface area (Å²) in [4.78, 5) is 74.6. The van der Waals surface area contributed by atoms with E-state index in [4.69, 9.17) is 28.9 Å². The first kappa shape index (κ1) is 72.0. The van der Waals surface area contributed by atoms with Crippen molar-refractivity contribution >= 4 is 70.6 Å². The van der Waals surface area contributed by atoms with E-state index >= 15 is 8.78 Å². The van der Waals surface area contributed by atoms with Crippen LogP contribution in [0, 0.1) is 41.9 Å². The molecule has 0 aliphatic carbocycles. The number of amides is 3. The molecular formula is C76H98F2N12O8SSi. The minimum Gasteiger partial charge on any atom is -0.508 e. The van der Waals surface area contributed by atoms with Crippen LogP contribution in [0.3, 0.4) is 0 Å². The number of pyridine rings is 1. The third kappa shape index (κ3) is 14.9. The number of hydrogen-bond donors (Lipinski definition) is 3. The van der Waals surface area contributed by atoms with Gasteiger partial charge in [-0.15, -0.1) is 16.9 Å². The Kier molecular flexibility index (Phi) is 21.3. The average Bonchev–Trinajstić information content (AvgIpc) is 0.884. The molecule has 6 atom stereocenters. The molecule has 2 unspecified atom stereocenters. The first-order valence-corrected chi connectivity index (χ1v) is 39.0. The van der Waals surface area contributed by atoms with Crippen molar-refractivity contribution in [1.29, 1.82) is 0 Å². The molecule has 0 radical (unpaired) electrons. The zero-order valence-corrected chi connectivity index (χ0v) is 62.0. The van der Waals surface area contributed by atoms with Crippen molar-refractivity contribution in [3.05, 3.63) is 101 Å². The van der Waals surface area contributed by atoms with E-state index in [-0.39, 0.29) is 112 Å². The molecule has 7 aromatic rings. The van der Waals surface area contributed by atoms with Crippen LogP contribution >= 0.6 is 11.3 Å². The number of likely N-dealkylation sites (tertiary alicyclic amines) is 2. The highest BCUT2D eigenvalue weighted by Crippen LogP contribution is 2.44. The van der Waals surface area contributed by atoms with Gasteiger partial charge in [0.15, 0.2) is 17.4 Å². The summed E-state index contributed by atoms with van der Waals surface area (Å²) >= 11 is 1.59. The third-order valence-electron chi connectivity index (χ3n) is 21.6. The van der Waals surface area contributed by atoms with Gasteiger partial charge in [-0.25, -0.2) is 18.6 Å². The van der Waals surface area contributed by atoms with Crippen molar-refractivity contribution < 1.29 is 47.4 Å². The van der Waals surface area contributed by atoms with Gasteiger partial charge in [0.25, 0.3) is 0 Å². The normalized spacial score (nSPS) is 20.3. The van der Waals surface area contributed by atoms with Crippen LogP contribution in [0.1, 0.15) is 150 Å². The van der Waals surface area contributed by atoms with E-state index in [0.29, 0.717) is 59.1 Å². The highest BCUT2D eigenvalue weighted by atomic mass is 32.1. The lowest BCUT2D eigenvalue weighted by Gasteiger charge is -2.42. The van der Waals surface area contributed by atoms with E-state index in [9.17, 15) is 24.6 Å². The van der Waals surface area contributed by atoms with Gasteiger partial charge in [-0.05, 0) is 137 Å². The zero-order valence-electron chi connectivity index (χ0n) is 60.1. The maximum absolute atomic E-state index is 18.0. The Labute approximate surface area is 591 Å². The first-order valence-electron chi connectivity index (χ1n) is 35.9. The fraction of sp³-hybridized carbons (Fsp3) is 0.553. The number of aromatic nitrogens is 5. The van der Waals surface area contributed by atoms with E-state index in [1.165, 1.54) is 23.1 Å². The number of piperidine rings is 1. The summed E-state index contributed by atoms with van der Waals surface area (Å²) in [5.41, 5.74) is 8.76. The third-order valence-corrected chi connectivity index (χ3v) is 28.8. The predicted molar refractivity (Wildman–Crippen MR) is 389 cm³/mol. The molecule has 5 fully saturated rings. The number of ether oxygens (including phenoxy) is 2. The number of aliphatic hydroxyl groups excluding tert-OH is 1. The standard InChI is InChI=1S/C76H98F2N12O8SSi/c1-44(2)65(73(94)89-42-57(92)36-62(89)72(93)81-48(9)51-14-16-52(17-15-51)70-49(10)80-43-99-70)63-37-64(84-98-63)87-29-27-86(28-30-87)39-50-22-25-85(26-23-50)31-32-96-74-82-69-60(71(83-74)88-40-54-19-20-55(41-88)90(54)75(95)97-76(11,12)13)38-79-68(67(69)78)59-35-56(91)34-53-18-21-61(77)58(66(53)59)24-33-100(45(3)4,46(5)6)47(7)8/h14-18,21,34-35,37-38,43-48,50,54-55,57,62,65,91-92H,19-20,22-23,25-32,36,39-42H2,1-13H3,(H,81,93)/t48-,54?,55?,57+,62-,65+/m0/s1. The summed E-state index contributed by atoms with van der Waals surface area (Å²) < 4.78 is 52.7. The van der Waals surface area contributed by atoms with Gasteiger partial charge >= 0.3 is 12.1 Å². The van der Waals surface area contributed by atoms with E-state index in [1.807, 2.05) is 89.2 Å². The van der Waals surface area contributed by atoms with Gasteiger partial charge in [0.1, 0.15) is 60.8 Å². The van der Waals surface area contributed by atoms with Gasteiger partial charge in [-0.1, -0.05) is 96.8 Å². The summed E-state index contributed by atoms with van der Waals surface area (Å²) in [6.07, 6.45) is 4.02. The molecule has 534 valence electrons. The Bertz CT molecular complexity index is 4160. The van der Waals surface area contributed by atoms with Crippen LogP contribution < -0.4 is 19.9 Å². The van der Waals surface area contributed by atoms with Crippen molar-refractivity contribution in [1.82, 2.24) is 50.0 Å². The molecule has 3 amide bonds. The van der Waals surface area contributed by atoms with Gasteiger partial charge in [0.05, 0.1) is 51.3 Å². The number of aromatic hydroxyl groups is 1. The Balaban J connectivity index is 0.689. The van der Waals surface area contributed by atoms with E-state index in [1.54, 1.807) is 23.6 Å². The lowest BCUT2D eigenvalue weighted by molar-refractivity contribution is -0.141. The topological polar surface area (TPSA) is 219 Å². The molecule has 0 spiro atoms. The molecule has 0 saturated carbocycles. The number of nitrogens with one attached hydrogen (secondary N) is 1. The van der Waals surface area contributed by atoms with E-state index in [2.05, 4.69) is 88.1 Å². The molecule has 20 nitrogen and oxygen atoms in total. The summed E-state index contributed by atoms with van der Waals surface area (Å²) in [6.45, 7) is 34.1. The van der Waals surface area contributed by atoms with Gasteiger partial charge < -0.3 is 44.2 Å². The smallest absolute Gasteiger partial charge is 0.410 e. The number of phenolic OH excluding ortho intramolecular Hbond substituents is 1. The molecule has 24 heteroatoms. The van der Waals surface area contributed by atoms with Crippen LogP contribution in [0.25, 0.3) is 43.4 Å². The van der Waals surface area contributed by atoms with Crippen LogP contribution in [0.5, 0.6) is 11.8 Å². The minimum absolute atomic E-state index is 0.00924. The fourth-order valence-electron chi connectivity index (χ4n) is 16.4. The summed E-state index contributed by atoms with van der Waals surface area (Å²) in [6, 6.07) is 14.3. The number of aliphatic hydroxyl groups is 1. The number of hydrogen-bond acceptors (Lipinski definition) is 18. The SMILES string of the molecule is Cc1ncsc1-c1ccc([C@H](C)NC(=O)[C@@H]2C[C@@H](O)CN2C(=O)[C@@H](c2cc(N3CCN(CC4CCN(CCOc5nc(N6CC7CCC(C6)N7C(=O)OC(C)(C)C)c6cnc(-c7cc(O)cc8ccc(F)c(C#C[Si](C(C)C)(C(C)C)C(C)C)c78)c(F)c6n5)CC4)CC3)no2)C(C)C)cc1.